The molecule has 21 nitrogen and oxygen atoms in total. The van der Waals surface area contributed by atoms with Crippen molar-refractivity contribution in [3.05, 3.63) is 65.7 Å². The number of benzene rings is 2. The fraction of sp³-hybridized carbons (Fsp3) is 0.553. The SMILES string of the molecule is CC(C)CC(NC(=O)C(Cc1ccccc1)NC(=O)CNC(=O)C(C)(C)NC(=O)C(C)(Cc1ccc(OC(=O)OC(C)(C)C)cc1)NC(=O)OC(C)(C)C)C(=O)NC(CCCN=C(N)N)C(=O)O. The van der Waals surface area contributed by atoms with E-state index in [1.807, 2.05) is 13.8 Å². The Bertz CT molecular complexity index is 2090. The standard InChI is InChI=1S/C47H71N9O12/c1-28(2)24-33(36(58)53-32(38(60)61)18-15-23-50-41(48)49)54-37(59)34(25-29-16-13-12-14-17-29)52-35(57)27-51-39(62)46(9,10)55-40(63)47(11,56-42(64)67-44(3,4)5)26-30-19-21-31(22-20-30)66-43(65)68-45(6,7)8/h12-14,16-17,19-22,28,32-34H,15,18,23-27H2,1-11H3,(H,51,62)(H,52,57)(H,53,58)(H,54,59)(H,55,63)(H,56,64)(H,60,61)(H4,48,49,50). The highest BCUT2D eigenvalue weighted by atomic mass is 16.7. The molecule has 4 atom stereocenters. The minimum Gasteiger partial charge on any atom is -0.480 e. The highest BCUT2D eigenvalue weighted by molar-refractivity contribution is 5.98. The van der Waals surface area contributed by atoms with Gasteiger partial charge in [0.1, 0.15) is 46.2 Å². The number of aliphatic imine (C=N–C) groups is 1. The number of hydrogen-bond acceptors (Lipinski definition) is 12. The lowest BCUT2D eigenvalue weighted by atomic mass is 9.90. The summed E-state index contributed by atoms with van der Waals surface area (Å²) in [4.78, 5) is 110. The zero-order valence-corrected chi connectivity index (χ0v) is 41.0. The topological polar surface area (TPSA) is 321 Å². The summed E-state index contributed by atoms with van der Waals surface area (Å²) in [5.74, 6) is -5.28. The Morgan fingerprint density at radius 1 is 0.691 bits per heavy atom. The number of nitrogens with one attached hydrogen (secondary N) is 6. The first-order chi connectivity index (χ1) is 31.4. The molecular formula is C47H71N9O12. The smallest absolute Gasteiger partial charge is 0.480 e. The normalized spacial score (nSPS) is 13.8. The number of alkyl carbamates (subject to hydrolysis) is 1. The number of rotatable bonds is 23. The second kappa shape index (κ2) is 25.3. The largest absolute Gasteiger partial charge is 0.514 e. The van der Waals surface area contributed by atoms with E-state index in [0.29, 0.717) is 11.1 Å². The summed E-state index contributed by atoms with van der Waals surface area (Å²) in [5.41, 5.74) is 6.77. The zero-order valence-electron chi connectivity index (χ0n) is 41.0. The third kappa shape index (κ3) is 21.6. The Labute approximate surface area is 398 Å². The number of ether oxygens (including phenoxy) is 3. The molecule has 11 N–H and O–H groups in total. The van der Waals surface area contributed by atoms with Crippen molar-refractivity contribution in [1.82, 2.24) is 31.9 Å². The molecule has 0 aliphatic rings. The van der Waals surface area contributed by atoms with E-state index in [1.165, 1.54) is 32.9 Å². The maximum atomic E-state index is 14.1. The first kappa shape index (κ1) is 57.2. The van der Waals surface area contributed by atoms with E-state index in [9.17, 15) is 43.5 Å². The number of carboxylic acids is 1. The van der Waals surface area contributed by atoms with Gasteiger partial charge in [-0.05, 0) is 111 Å². The molecular weight excluding hydrogens is 883 g/mol. The molecule has 0 aliphatic heterocycles. The molecule has 0 aromatic heterocycles. The second-order valence-corrected chi connectivity index (χ2v) is 19.5. The Morgan fingerprint density at radius 2 is 1.26 bits per heavy atom. The zero-order chi connectivity index (χ0) is 51.6. The fourth-order valence-electron chi connectivity index (χ4n) is 6.33. The predicted octanol–water partition coefficient (Wildman–Crippen LogP) is 2.72. The van der Waals surface area contributed by atoms with Crippen molar-refractivity contribution in [2.24, 2.45) is 22.4 Å². The van der Waals surface area contributed by atoms with E-state index in [4.69, 9.17) is 25.7 Å². The molecule has 0 bridgehead atoms. The van der Waals surface area contributed by atoms with Gasteiger partial charge in [0.05, 0.1) is 6.54 Å². The van der Waals surface area contributed by atoms with Crippen LogP contribution in [0.3, 0.4) is 0 Å². The number of nitrogens with zero attached hydrogens (tertiary/aromatic N) is 1. The van der Waals surface area contributed by atoms with Crippen LogP contribution in [-0.2, 0) is 51.1 Å². The van der Waals surface area contributed by atoms with Crippen LogP contribution in [0.4, 0.5) is 9.59 Å². The van der Waals surface area contributed by atoms with Gasteiger partial charge < -0.3 is 62.7 Å². The maximum Gasteiger partial charge on any atom is 0.514 e. The molecule has 4 unspecified atom stereocenters. The Hall–Kier alpha value is -6.93. The maximum absolute atomic E-state index is 14.1. The van der Waals surface area contributed by atoms with Crippen LogP contribution in [0.25, 0.3) is 0 Å². The summed E-state index contributed by atoms with van der Waals surface area (Å²) in [6.07, 6.45) is -1.57. The number of guanidine groups is 1. The van der Waals surface area contributed by atoms with Gasteiger partial charge in [-0.2, -0.15) is 0 Å². The van der Waals surface area contributed by atoms with E-state index in [1.54, 1.807) is 84.0 Å². The molecule has 2 aromatic rings. The Morgan fingerprint density at radius 3 is 1.81 bits per heavy atom. The number of amides is 6. The average Bonchev–Trinajstić information content (AvgIpc) is 3.19. The molecule has 68 heavy (non-hydrogen) atoms. The van der Waals surface area contributed by atoms with Crippen molar-refractivity contribution in [2.75, 3.05) is 13.1 Å². The minimum absolute atomic E-state index is 0.00582. The summed E-state index contributed by atoms with van der Waals surface area (Å²) in [6, 6.07) is 11.1. The van der Waals surface area contributed by atoms with Gasteiger partial charge in [-0.15, -0.1) is 0 Å². The van der Waals surface area contributed by atoms with Crippen LogP contribution in [0, 0.1) is 5.92 Å². The number of carbonyl (C=O) groups excluding carboxylic acids is 7. The summed E-state index contributed by atoms with van der Waals surface area (Å²) < 4.78 is 15.9. The van der Waals surface area contributed by atoms with Gasteiger partial charge in [-0.3, -0.25) is 29.0 Å². The third-order valence-electron chi connectivity index (χ3n) is 9.59. The number of hydrogen-bond donors (Lipinski definition) is 9. The van der Waals surface area contributed by atoms with Gasteiger partial charge in [0, 0.05) is 19.4 Å². The number of carbonyl (C=O) groups is 8. The summed E-state index contributed by atoms with van der Waals surface area (Å²) >= 11 is 0. The second-order valence-electron chi connectivity index (χ2n) is 19.5. The van der Waals surface area contributed by atoms with Crippen molar-refractivity contribution < 1.29 is 57.7 Å². The van der Waals surface area contributed by atoms with E-state index in [0.717, 1.165) is 0 Å². The van der Waals surface area contributed by atoms with E-state index in [2.05, 4.69) is 36.9 Å². The van der Waals surface area contributed by atoms with E-state index < -0.39 is 94.7 Å². The van der Waals surface area contributed by atoms with Crippen LogP contribution in [0.1, 0.15) is 107 Å². The highest BCUT2D eigenvalue weighted by Crippen LogP contribution is 2.21. The Kier molecular flexibility index (Phi) is 21.3. The third-order valence-corrected chi connectivity index (χ3v) is 9.59. The lowest BCUT2D eigenvalue weighted by Gasteiger charge is -2.35. The van der Waals surface area contributed by atoms with Crippen LogP contribution in [0.5, 0.6) is 5.75 Å². The van der Waals surface area contributed by atoms with Gasteiger partial charge >= 0.3 is 18.2 Å². The number of nitrogens with two attached hydrogens (primary N) is 2. The van der Waals surface area contributed by atoms with Gasteiger partial charge in [0.15, 0.2) is 5.96 Å². The fourth-order valence-corrected chi connectivity index (χ4v) is 6.33. The molecule has 376 valence electrons. The quantitative estimate of drug-likeness (QED) is 0.0254. The molecule has 0 saturated heterocycles. The van der Waals surface area contributed by atoms with Crippen molar-refractivity contribution in [3.8, 4) is 5.75 Å². The predicted molar refractivity (Wildman–Crippen MR) is 253 cm³/mol. The molecule has 2 aromatic carbocycles. The molecule has 0 aliphatic carbocycles. The van der Waals surface area contributed by atoms with Crippen LogP contribution in [0.15, 0.2) is 59.6 Å². The van der Waals surface area contributed by atoms with Gasteiger partial charge in [0.2, 0.25) is 29.5 Å². The highest BCUT2D eigenvalue weighted by Gasteiger charge is 2.41. The van der Waals surface area contributed by atoms with Crippen LogP contribution in [0.2, 0.25) is 0 Å². The van der Waals surface area contributed by atoms with Crippen LogP contribution >= 0.6 is 0 Å². The lowest BCUT2D eigenvalue weighted by Crippen LogP contribution is -2.65. The van der Waals surface area contributed by atoms with Crippen molar-refractivity contribution >= 4 is 53.7 Å². The van der Waals surface area contributed by atoms with Gasteiger partial charge in [0.25, 0.3) is 0 Å². The van der Waals surface area contributed by atoms with Crippen LogP contribution < -0.4 is 48.1 Å². The van der Waals surface area contributed by atoms with Crippen molar-refractivity contribution in [2.45, 2.75) is 149 Å². The molecule has 0 radical (unpaired) electrons. The summed E-state index contributed by atoms with van der Waals surface area (Å²) in [6.45, 7) is 17.4. The van der Waals surface area contributed by atoms with Gasteiger partial charge in [-0.25, -0.2) is 14.4 Å². The minimum atomic E-state index is -1.73. The van der Waals surface area contributed by atoms with E-state index >= 15 is 0 Å². The van der Waals surface area contributed by atoms with Gasteiger partial charge in [-0.1, -0.05) is 56.3 Å². The summed E-state index contributed by atoms with van der Waals surface area (Å²) in [7, 11) is 0. The molecule has 0 heterocycles. The molecule has 21 heteroatoms. The van der Waals surface area contributed by atoms with Crippen molar-refractivity contribution in [3.63, 3.8) is 0 Å². The van der Waals surface area contributed by atoms with E-state index in [-0.39, 0.29) is 56.3 Å². The molecule has 0 spiro atoms. The lowest BCUT2D eigenvalue weighted by molar-refractivity contribution is -0.142. The molecule has 0 saturated carbocycles. The number of carboxylic acid groups (broad SMARTS) is 1. The monoisotopic (exact) mass is 954 g/mol. The number of aliphatic carboxylic acids is 1. The molecule has 6 amide bonds. The Balaban J connectivity index is 2.26. The van der Waals surface area contributed by atoms with Crippen LogP contribution in [-0.4, -0.2) is 112 Å². The molecule has 0 fully saturated rings. The first-order valence-corrected chi connectivity index (χ1v) is 22.2. The summed E-state index contributed by atoms with van der Waals surface area (Å²) in [5, 5.41) is 25.3. The van der Waals surface area contributed by atoms with Crippen molar-refractivity contribution in [1.29, 1.82) is 0 Å². The average molecular weight is 954 g/mol. The first-order valence-electron chi connectivity index (χ1n) is 22.2. The molecule has 2 rings (SSSR count).